The van der Waals surface area contributed by atoms with Crippen LogP contribution in [0, 0.1) is 0 Å². The van der Waals surface area contributed by atoms with E-state index >= 15 is 0 Å². The molecule has 3 heterocycles. The van der Waals surface area contributed by atoms with Crippen LogP contribution in [-0.4, -0.2) is 55.3 Å². The zero-order valence-corrected chi connectivity index (χ0v) is 16.2. The van der Waals surface area contributed by atoms with Crippen LogP contribution in [0.2, 0.25) is 0 Å². The number of aryl methyl sites for hydroxylation is 1. The highest BCUT2D eigenvalue weighted by molar-refractivity contribution is 7.91. The quantitative estimate of drug-likeness (QED) is 0.812. The van der Waals surface area contributed by atoms with Crippen molar-refractivity contribution in [3.8, 4) is 0 Å². The predicted molar refractivity (Wildman–Crippen MR) is 105 cm³/mol. The van der Waals surface area contributed by atoms with Gasteiger partial charge < -0.3 is 9.80 Å². The van der Waals surface area contributed by atoms with Crippen LogP contribution in [0.15, 0.2) is 42.6 Å². The van der Waals surface area contributed by atoms with Crippen LogP contribution < -0.4 is 4.90 Å². The Morgan fingerprint density at radius 1 is 1.22 bits per heavy atom. The predicted octanol–water partition coefficient (Wildman–Crippen LogP) is 2.43. The first-order valence-corrected chi connectivity index (χ1v) is 11.1. The van der Waals surface area contributed by atoms with Crippen molar-refractivity contribution in [2.24, 2.45) is 0 Å². The van der Waals surface area contributed by atoms with E-state index in [1.165, 1.54) is 16.2 Å². The van der Waals surface area contributed by atoms with Gasteiger partial charge in [-0.05, 0) is 43.0 Å². The number of para-hydroxylation sites is 1. The van der Waals surface area contributed by atoms with Gasteiger partial charge in [-0.15, -0.1) is 0 Å². The van der Waals surface area contributed by atoms with Gasteiger partial charge in [0.1, 0.15) is 5.82 Å². The maximum absolute atomic E-state index is 12.7. The van der Waals surface area contributed by atoms with Gasteiger partial charge in [-0.25, -0.2) is 13.4 Å². The average Bonchev–Trinajstić information content (AvgIpc) is 3.06. The Kier molecular flexibility index (Phi) is 4.63. The first kappa shape index (κ1) is 18.0. The van der Waals surface area contributed by atoms with Crippen LogP contribution in [-0.2, 0) is 16.3 Å². The molecule has 1 saturated heterocycles. The van der Waals surface area contributed by atoms with Gasteiger partial charge in [-0.3, -0.25) is 4.79 Å². The smallest absolute Gasteiger partial charge is 0.255 e. The standard InChI is InChI=1S/C20H23N3O3S/c1-22(17-10-12-27(25,26)14-17)20(24)16-8-9-19(21-13-16)23-11-4-6-15-5-2-3-7-18(15)23/h2-3,5,7-9,13,17H,4,6,10-12,14H2,1H3. The maximum Gasteiger partial charge on any atom is 0.255 e. The van der Waals surface area contributed by atoms with Gasteiger partial charge in [-0.1, -0.05) is 18.2 Å². The van der Waals surface area contributed by atoms with Crippen LogP contribution >= 0.6 is 0 Å². The molecule has 1 unspecified atom stereocenters. The lowest BCUT2D eigenvalue weighted by molar-refractivity contribution is 0.0747. The molecule has 1 aromatic carbocycles. The molecule has 1 aromatic heterocycles. The fraction of sp³-hybridized carbons (Fsp3) is 0.400. The van der Waals surface area contributed by atoms with Gasteiger partial charge in [0.2, 0.25) is 0 Å². The summed E-state index contributed by atoms with van der Waals surface area (Å²) < 4.78 is 23.3. The molecule has 142 valence electrons. The summed E-state index contributed by atoms with van der Waals surface area (Å²) in [5, 5.41) is 0. The largest absolute Gasteiger partial charge is 0.338 e. The molecule has 0 N–H and O–H groups in total. The first-order chi connectivity index (χ1) is 12.9. The van der Waals surface area contributed by atoms with E-state index in [9.17, 15) is 13.2 Å². The number of fused-ring (bicyclic) bond motifs is 1. The number of sulfone groups is 1. The zero-order valence-electron chi connectivity index (χ0n) is 15.3. The first-order valence-electron chi connectivity index (χ1n) is 9.24. The van der Waals surface area contributed by atoms with Gasteiger partial charge in [0.05, 0.1) is 17.1 Å². The van der Waals surface area contributed by atoms with Crippen molar-refractivity contribution in [1.82, 2.24) is 9.88 Å². The van der Waals surface area contributed by atoms with E-state index in [2.05, 4.69) is 28.1 Å². The topological polar surface area (TPSA) is 70.6 Å². The highest BCUT2D eigenvalue weighted by Crippen LogP contribution is 2.32. The maximum atomic E-state index is 12.7. The minimum absolute atomic E-state index is 0.0469. The second-order valence-corrected chi connectivity index (χ2v) is 9.49. The van der Waals surface area contributed by atoms with E-state index in [1.807, 2.05) is 12.1 Å². The number of pyridine rings is 1. The number of hydrogen-bond acceptors (Lipinski definition) is 5. The number of anilines is 2. The third-order valence-electron chi connectivity index (χ3n) is 5.46. The molecular weight excluding hydrogens is 362 g/mol. The Balaban J connectivity index is 1.52. The van der Waals surface area contributed by atoms with E-state index < -0.39 is 9.84 Å². The van der Waals surface area contributed by atoms with Crippen molar-refractivity contribution in [3.63, 3.8) is 0 Å². The second-order valence-electron chi connectivity index (χ2n) is 7.26. The van der Waals surface area contributed by atoms with Gasteiger partial charge >= 0.3 is 0 Å². The molecule has 1 fully saturated rings. The van der Waals surface area contributed by atoms with E-state index in [0.29, 0.717) is 12.0 Å². The van der Waals surface area contributed by atoms with Crippen LogP contribution in [0.25, 0.3) is 0 Å². The molecule has 6 nitrogen and oxygen atoms in total. The van der Waals surface area contributed by atoms with Gasteiger partial charge in [0, 0.05) is 31.5 Å². The minimum Gasteiger partial charge on any atom is -0.338 e. The molecule has 7 heteroatoms. The Morgan fingerprint density at radius 3 is 2.74 bits per heavy atom. The number of nitrogens with zero attached hydrogens (tertiary/aromatic N) is 3. The molecule has 2 aliphatic rings. The highest BCUT2D eigenvalue weighted by Gasteiger charge is 2.33. The fourth-order valence-corrected chi connectivity index (χ4v) is 5.67. The summed E-state index contributed by atoms with van der Waals surface area (Å²) in [6.45, 7) is 0.900. The lowest BCUT2D eigenvalue weighted by atomic mass is 10.0. The number of hydrogen-bond donors (Lipinski definition) is 0. The normalized spacial score (nSPS) is 20.9. The van der Waals surface area contributed by atoms with Crippen molar-refractivity contribution in [1.29, 1.82) is 0 Å². The molecule has 1 atom stereocenters. The van der Waals surface area contributed by atoms with Crippen molar-refractivity contribution in [2.45, 2.75) is 25.3 Å². The Hall–Kier alpha value is -2.41. The van der Waals surface area contributed by atoms with Crippen LogP contribution in [0.1, 0.15) is 28.8 Å². The molecule has 27 heavy (non-hydrogen) atoms. The lowest BCUT2D eigenvalue weighted by Gasteiger charge is -2.30. The average molecular weight is 385 g/mol. The summed E-state index contributed by atoms with van der Waals surface area (Å²) in [5.74, 6) is 0.839. The number of carbonyl (C=O) groups excluding carboxylic acids is 1. The van der Waals surface area contributed by atoms with Gasteiger partial charge in [0.25, 0.3) is 5.91 Å². The van der Waals surface area contributed by atoms with Crippen molar-refractivity contribution in [3.05, 3.63) is 53.7 Å². The van der Waals surface area contributed by atoms with Gasteiger partial charge in [0.15, 0.2) is 9.84 Å². The van der Waals surface area contributed by atoms with E-state index in [-0.39, 0.29) is 23.5 Å². The number of carbonyl (C=O) groups is 1. The zero-order chi connectivity index (χ0) is 19.0. The minimum atomic E-state index is -3.02. The number of rotatable bonds is 3. The molecule has 0 radical (unpaired) electrons. The fourth-order valence-electron chi connectivity index (χ4n) is 3.89. The SMILES string of the molecule is CN(C(=O)c1ccc(N2CCCc3ccccc32)nc1)C1CCS(=O)(=O)C1. The van der Waals surface area contributed by atoms with E-state index in [0.717, 1.165) is 25.2 Å². The molecule has 0 saturated carbocycles. The highest BCUT2D eigenvalue weighted by atomic mass is 32.2. The monoisotopic (exact) mass is 385 g/mol. The molecule has 0 bridgehead atoms. The molecule has 0 aliphatic carbocycles. The summed E-state index contributed by atoms with van der Waals surface area (Å²) in [6, 6.07) is 11.7. The summed E-state index contributed by atoms with van der Waals surface area (Å²) in [7, 11) is -1.35. The van der Waals surface area contributed by atoms with Crippen LogP contribution in [0.5, 0.6) is 0 Å². The number of benzene rings is 1. The Bertz CT molecular complexity index is 957. The molecule has 1 amide bonds. The summed E-state index contributed by atoms with van der Waals surface area (Å²) in [4.78, 5) is 20.9. The molecule has 2 aromatic rings. The van der Waals surface area contributed by atoms with E-state index in [4.69, 9.17) is 0 Å². The molecule has 2 aliphatic heterocycles. The third kappa shape index (κ3) is 3.56. The van der Waals surface area contributed by atoms with E-state index in [1.54, 1.807) is 19.3 Å². The Labute approximate surface area is 159 Å². The lowest BCUT2D eigenvalue weighted by Crippen LogP contribution is -2.37. The van der Waals surface area contributed by atoms with Crippen molar-refractivity contribution in [2.75, 3.05) is 30.0 Å². The van der Waals surface area contributed by atoms with Crippen LogP contribution in [0.4, 0.5) is 11.5 Å². The number of amides is 1. The molecule has 4 rings (SSSR count). The van der Waals surface area contributed by atoms with Crippen molar-refractivity contribution >= 4 is 27.2 Å². The molecular formula is C20H23N3O3S. The third-order valence-corrected chi connectivity index (χ3v) is 7.21. The summed E-state index contributed by atoms with van der Waals surface area (Å²) in [6.07, 6.45) is 4.23. The van der Waals surface area contributed by atoms with Crippen LogP contribution in [0.3, 0.4) is 0 Å². The van der Waals surface area contributed by atoms with Gasteiger partial charge in [-0.2, -0.15) is 0 Å². The Morgan fingerprint density at radius 2 is 2.04 bits per heavy atom. The summed E-state index contributed by atoms with van der Waals surface area (Å²) in [5.41, 5.74) is 2.97. The summed E-state index contributed by atoms with van der Waals surface area (Å²) >= 11 is 0. The van der Waals surface area contributed by atoms with Crippen molar-refractivity contribution < 1.29 is 13.2 Å². The number of aromatic nitrogens is 1. The second kappa shape index (κ2) is 6.96. The molecule has 0 spiro atoms.